The number of ketones is 1. The van der Waals surface area contributed by atoms with E-state index < -0.39 is 12.0 Å². The van der Waals surface area contributed by atoms with Crippen LogP contribution in [0.15, 0.2) is 23.8 Å². The Morgan fingerprint density at radius 1 is 1.67 bits per heavy atom. The van der Waals surface area contributed by atoms with Gasteiger partial charge in [0.15, 0.2) is 5.78 Å². The van der Waals surface area contributed by atoms with Crippen LogP contribution in [-0.2, 0) is 14.3 Å². The van der Waals surface area contributed by atoms with Crippen LogP contribution in [0.25, 0.3) is 0 Å². The van der Waals surface area contributed by atoms with Crippen LogP contribution in [-0.4, -0.2) is 24.9 Å². The van der Waals surface area contributed by atoms with Crippen molar-refractivity contribution in [3.8, 4) is 0 Å². The van der Waals surface area contributed by atoms with Crippen LogP contribution in [0.2, 0.25) is 0 Å². The van der Waals surface area contributed by atoms with Crippen molar-refractivity contribution in [1.82, 2.24) is 0 Å². The van der Waals surface area contributed by atoms with E-state index >= 15 is 0 Å². The van der Waals surface area contributed by atoms with Gasteiger partial charge in [0.05, 0.1) is 18.7 Å². The van der Waals surface area contributed by atoms with Gasteiger partial charge in [-0.15, -0.1) is 0 Å². The summed E-state index contributed by atoms with van der Waals surface area (Å²) in [5.74, 6) is -0.801. The lowest BCUT2D eigenvalue weighted by molar-refractivity contribution is -0.136. The predicted molar refractivity (Wildman–Crippen MR) is 42.2 cm³/mol. The summed E-state index contributed by atoms with van der Waals surface area (Å²) in [6.45, 7) is 0. The fourth-order valence-corrected chi connectivity index (χ4v) is 0.845. The van der Waals surface area contributed by atoms with Crippen LogP contribution < -0.4 is 5.73 Å². The van der Waals surface area contributed by atoms with Gasteiger partial charge in [-0.05, 0) is 12.2 Å². The van der Waals surface area contributed by atoms with E-state index in [-0.39, 0.29) is 11.4 Å². The van der Waals surface area contributed by atoms with Crippen molar-refractivity contribution in [2.45, 2.75) is 6.04 Å². The van der Waals surface area contributed by atoms with Crippen molar-refractivity contribution in [3.05, 3.63) is 23.8 Å². The van der Waals surface area contributed by atoms with Gasteiger partial charge in [0.1, 0.15) is 0 Å². The highest BCUT2D eigenvalue weighted by Crippen LogP contribution is 2.07. The van der Waals surface area contributed by atoms with Crippen LogP contribution >= 0.6 is 0 Å². The van der Waals surface area contributed by atoms with E-state index in [9.17, 15) is 9.59 Å². The zero-order valence-corrected chi connectivity index (χ0v) is 6.61. The van der Waals surface area contributed by atoms with Crippen molar-refractivity contribution >= 4 is 11.8 Å². The number of hydrogen-bond acceptors (Lipinski definition) is 4. The highest BCUT2D eigenvalue weighted by Gasteiger charge is 2.17. The third kappa shape index (κ3) is 1.60. The van der Waals surface area contributed by atoms with Crippen LogP contribution in [0.4, 0.5) is 0 Å². The lowest BCUT2D eigenvalue weighted by atomic mass is 10.0. The third-order valence-electron chi connectivity index (χ3n) is 1.53. The highest BCUT2D eigenvalue weighted by molar-refractivity contribution is 6.05. The monoisotopic (exact) mass is 167 g/mol. The molecule has 4 heteroatoms. The molecule has 2 N–H and O–H groups in total. The molecule has 1 aliphatic carbocycles. The molecule has 0 saturated carbocycles. The molecule has 0 aliphatic heterocycles. The summed E-state index contributed by atoms with van der Waals surface area (Å²) in [5, 5.41) is 0. The maximum Gasteiger partial charge on any atom is 0.337 e. The Hall–Kier alpha value is -1.42. The molecule has 1 aliphatic rings. The molecule has 4 nitrogen and oxygen atoms in total. The molecule has 0 spiro atoms. The molecule has 0 amide bonds. The van der Waals surface area contributed by atoms with E-state index in [0.29, 0.717) is 0 Å². The molecule has 12 heavy (non-hydrogen) atoms. The van der Waals surface area contributed by atoms with Crippen molar-refractivity contribution in [1.29, 1.82) is 0 Å². The Labute approximate surface area is 69.7 Å². The van der Waals surface area contributed by atoms with Gasteiger partial charge in [-0.25, -0.2) is 4.79 Å². The summed E-state index contributed by atoms with van der Waals surface area (Å²) < 4.78 is 4.42. The van der Waals surface area contributed by atoms with Gasteiger partial charge < -0.3 is 10.5 Å². The molecule has 0 bridgehead atoms. The summed E-state index contributed by atoms with van der Waals surface area (Å²) in [6, 6.07) is -0.626. The first kappa shape index (κ1) is 8.67. The first-order chi connectivity index (χ1) is 5.65. The molecule has 0 heterocycles. The molecular weight excluding hydrogens is 158 g/mol. The van der Waals surface area contributed by atoms with Gasteiger partial charge in [0, 0.05) is 0 Å². The summed E-state index contributed by atoms with van der Waals surface area (Å²) in [5.41, 5.74) is 5.59. The zero-order valence-electron chi connectivity index (χ0n) is 6.61. The minimum atomic E-state index is -0.626. The van der Waals surface area contributed by atoms with E-state index in [2.05, 4.69) is 4.74 Å². The van der Waals surface area contributed by atoms with E-state index in [4.69, 9.17) is 5.73 Å². The molecular formula is C8H9NO3. The molecule has 0 saturated heterocycles. The number of carbonyl (C=O) groups is 2. The largest absolute Gasteiger partial charge is 0.465 e. The first-order valence-electron chi connectivity index (χ1n) is 3.43. The van der Waals surface area contributed by atoms with E-state index in [1.807, 2.05) is 0 Å². The van der Waals surface area contributed by atoms with Crippen molar-refractivity contribution in [2.75, 3.05) is 7.11 Å². The second-order valence-electron chi connectivity index (χ2n) is 2.38. The molecule has 1 unspecified atom stereocenters. The molecule has 0 aromatic carbocycles. The molecule has 1 atom stereocenters. The van der Waals surface area contributed by atoms with Gasteiger partial charge >= 0.3 is 5.97 Å². The fraction of sp³-hybridized carbons (Fsp3) is 0.250. The van der Waals surface area contributed by atoms with E-state index in [1.54, 1.807) is 0 Å². The molecule has 0 aromatic heterocycles. The van der Waals surface area contributed by atoms with Gasteiger partial charge in [0.25, 0.3) is 0 Å². The Kier molecular flexibility index (Phi) is 2.40. The van der Waals surface area contributed by atoms with Crippen LogP contribution in [0.5, 0.6) is 0 Å². The summed E-state index contributed by atoms with van der Waals surface area (Å²) in [6.07, 6.45) is 4.14. The second-order valence-corrected chi connectivity index (χ2v) is 2.38. The van der Waals surface area contributed by atoms with E-state index in [0.717, 1.165) is 0 Å². The van der Waals surface area contributed by atoms with Gasteiger partial charge in [-0.1, -0.05) is 6.08 Å². The lowest BCUT2D eigenvalue weighted by Gasteiger charge is -2.08. The number of carbonyl (C=O) groups excluding carboxylic acids is 2. The average molecular weight is 167 g/mol. The fourth-order valence-electron chi connectivity index (χ4n) is 0.845. The first-order valence-corrected chi connectivity index (χ1v) is 3.43. The normalized spacial score (nSPS) is 22.0. The zero-order chi connectivity index (χ0) is 9.14. The Balaban J connectivity index is 2.83. The number of esters is 1. The smallest absolute Gasteiger partial charge is 0.337 e. The average Bonchev–Trinajstić information content (AvgIpc) is 2.08. The number of methoxy groups -OCH3 is 1. The quantitative estimate of drug-likeness (QED) is 0.537. The Bertz CT molecular complexity index is 276. The van der Waals surface area contributed by atoms with Crippen LogP contribution in [0.3, 0.4) is 0 Å². The lowest BCUT2D eigenvalue weighted by Crippen LogP contribution is -2.29. The topological polar surface area (TPSA) is 69.4 Å². The van der Waals surface area contributed by atoms with Crippen LogP contribution in [0.1, 0.15) is 0 Å². The number of ether oxygens (including phenoxy) is 1. The number of hydrogen-bond donors (Lipinski definition) is 1. The highest BCUT2D eigenvalue weighted by atomic mass is 16.5. The minimum Gasteiger partial charge on any atom is -0.465 e. The number of rotatable bonds is 1. The summed E-state index contributed by atoms with van der Waals surface area (Å²) in [4.78, 5) is 21.8. The Morgan fingerprint density at radius 2 is 2.33 bits per heavy atom. The summed E-state index contributed by atoms with van der Waals surface area (Å²) in [7, 11) is 1.26. The molecule has 0 radical (unpaired) electrons. The predicted octanol–water partition coefficient (Wildman–Crippen LogP) is -0.448. The van der Waals surface area contributed by atoms with Crippen molar-refractivity contribution < 1.29 is 14.3 Å². The summed E-state index contributed by atoms with van der Waals surface area (Å²) >= 11 is 0. The molecule has 64 valence electrons. The minimum absolute atomic E-state index is 0.240. The van der Waals surface area contributed by atoms with Crippen molar-refractivity contribution in [3.63, 3.8) is 0 Å². The molecule has 0 aromatic rings. The van der Waals surface area contributed by atoms with Gasteiger partial charge in [-0.2, -0.15) is 0 Å². The maximum absolute atomic E-state index is 11.0. The van der Waals surface area contributed by atoms with Crippen LogP contribution in [0, 0.1) is 0 Å². The maximum atomic E-state index is 11.0. The Morgan fingerprint density at radius 3 is 2.83 bits per heavy atom. The third-order valence-corrected chi connectivity index (χ3v) is 1.53. The number of nitrogens with two attached hydrogens (primary N) is 1. The SMILES string of the molecule is COC(=O)C1=CC(=O)C(N)C=C1. The molecule has 0 fully saturated rings. The standard InChI is InChI=1S/C8H9NO3/c1-12-8(11)5-2-3-6(9)7(10)4-5/h2-4,6H,9H2,1H3. The second kappa shape index (κ2) is 3.32. The van der Waals surface area contributed by atoms with Crippen molar-refractivity contribution in [2.24, 2.45) is 5.73 Å². The van der Waals surface area contributed by atoms with Gasteiger partial charge in [-0.3, -0.25) is 4.79 Å². The van der Waals surface area contributed by atoms with Gasteiger partial charge in [0.2, 0.25) is 0 Å². The molecule has 1 rings (SSSR count). The van der Waals surface area contributed by atoms with E-state index in [1.165, 1.54) is 25.3 Å².